The van der Waals surface area contributed by atoms with Crippen LogP contribution in [0.5, 0.6) is 0 Å². The molecule has 0 aliphatic carbocycles. The molecule has 2 saturated heterocycles. The first-order valence-electron chi connectivity index (χ1n) is 10.1. The maximum Gasteiger partial charge on any atom is 0.261 e. The molecule has 1 aromatic rings. The van der Waals surface area contributed by atoms with Gasteiger partial charge >= 0.3 is 0 Å². The summed E-state index contributed by atoms with van der Waals surface area (Å²) in [5.74, 6) is -1.99. The zero-order valence-corrected chi connectivity index (χ0v) is 17.5. The number of amides is 3. The fourth-order valence-electron chi connectivity index (χ4n) is 3.66. The number of nitriles is 1. The molecule has 3 N–H and O–H groups in total. The summed E-state index contributed by atoms with van der Waals surface area (Å²) in [4.78, 5) is 37.2. The van der Waals surface area contributed by atoms with Gasteiger partial charge in [-0.25, -0.2) is 9.82 Å². The van der Waals surface area contributed by atoms with Crippen LogP contribution >= 0.6 is 11.6 Å². The summed E-state index contributed by atoms with van der Waals surface area (Å²) in [6.07, 6.45) is 4.41. The van der Waals surface area contributed by atoms with Gasteiger partial charge in [0.15, 0.2) is 0 Å². The van der Waals surface area contributed by atoms with Gasteiger partial charge in [0.2, 0.25) is 11.8 Å². The molecule has 0 saturated carbocycles. The number of hydrogen-bond acceptors (Lipinski definition) is 5. The van der Waals surface area contributed by atoms with Gasteiger partial charge in [-0.05, 0) is 43.9 Å². The summed E-state index contributed by atoms with van der Waals surface area (Å²) in [7, 11) is 0. The molecule has 1 aromatic carbocycles. The van der Waals surface area contributed by atoms with Crippen molar-refractivity contribution in [3.63, 3.8) is 0 Å². The predicted molar refractivity (Wildman–Crippen MR) is 112 cm³/mol. The van der Waals surface area contributed by atoms with Gasteiger partial charge in [0.1, 0.15) is 17.9 Å². The molecule has 164 valence electrons. The van der Waals surface area contributed by atoms with Crippen LogP contribution in [0.4, 0.5) is 4.39 Å². The molecule has 0 bridgehead atoms. The van der Waals surface area contributed by atoms with Gasteiger partial charge in [-0.3, -0.25) is 19.4 Å². The van der Waals surface area contributed by atoms with E-state index in [0.29, 0.717) is 32.4 Å². The number of hydrogen-bond donors (Lipinski definition) is 3. The van der Waals surface area contributed by atoms with Crippen LogP contribution in [-0.2, 0) is 14.4 Å². The second kappa shape index (κ2) is 10.4. The van der Waals surface area contributed by atoms with E-state index in [-0.39, 0.29) is 28.8 Å². The third kappa shape index (κ3) is 5.81. The predicted octanol–water partition coefficient (Wildman–Crippen LogP) is 1.52. The zero-order chi connectivity index (χ0) is 22.4. The van der Waals surface area contributed by atoms with Crippen molar-refractivity contribution in [2.45, 2.75) is 37.8 Å². The van der Waals surface area contributed by atoms with Gasteiger partial charge < -0.3 is 10.6 Å². The number of nitrogens with zero attached hydrogens (tertiary/aromatic N) is 2. The van der Waals surface area contributed by atoms with Gasteiger partial charge in [-0.15, -0.1) is 0 Å². The van der Waals surface area contributed by atoms with Gasteiger partial charge in [0, 0.05) is 35.7 Å². The van der Waals surface area contributed by atoms with E-state index in [4.69, 9.17) is 11.6 Å². The van der Waals surface area contributed by atoms with Crippen molar-refractivity contribution in [1.29, 1.82) is 5.26 Å². The average Bonchev–Trinajstić information content (AvgIpc) is 3.16. The maximum atomic E-state index is 13.9. The number of nitrogens with one attached hydrogen (secondary N) is 3. The highest BCUT2D eigenvalue weighted by Crippen LogP contribution is 2.18. The Labute approximate surface area is 184 Å². The summed E-state index contributed by atoms with van der Waals surface area (Å²) in [6, 6.07) is 4.47. The van der Waals surface area contributed by atoms with Crippen LogP contribution in [0.25, 0.3) is 6.08 Å². The molecule has 3 atom stereocenters. The van der Waals surface area contributed by atoms with E-state index in [9.17, 15) is 24.0 Å². The van der Waals surface area contributed by atoms with Gasteiger partial charge in [0.25, 0.3) is 5.91 Å². The minimum Gasteiger partial charge on any atom is -0.356 e. The van der Waals surface area contributed by atoms with Gasteiger partial charge in [-0.1, -0.05) is 17.7 Å². The van der Waals surface area contributed by atoms with Crippen LogP contribution in [-0.4, -0.2) is 47.9 Å². The lowest BCUT2D eigenvalue weighted by Crippen LogP contribution is -2.59. The second-order valence-corrected chi connectivity index (χ2v) is 7.91. The maximum absolute atomic E-state index is 13.9. The lowest BCUT2D eigenvalue weighted by molar-refractivity contribution is -0.143. The third-order valence-electron chi connectivity index (χ3n) is 5.31. The van der Waals surface area contributed by atoms with Crippen molar-refractivity contribution in [1.82, 2.24) is 21.1 Å². The van der Waals surface area contributed by atoms with E-state index in [1.54, 1.807) is 0 Å². The molecule has 2 aliphatic rings. The molecule has 3 unspecified atom stereocenters. The van der Waals surface area contributed by atoms with E-state index >= 15 is 0 Å². The van der Waals surface area contributed by atoms with Gasteiger partial charge in [-0.2, -0.15) is 5.26 Å². The van der Waals surface area contributed by atoms with Gasteiger partial charge in [0.05, 0.1) is 6.07 Å². The standard InChI is InChI=1S/C21H23ClFN5O3/c22-15-5-3-13(17(23)11-15)4-6-19(29)28-18(2-1-8-26-28)21(31)27-16(12-24)10-14-7-9-25-20(14)30/h3-6,11,14,16,18,26H,1-2,7-10H2,(H,25,30)(H,27,31)/b6-4+. The lowest BCUT2D eigenvalue weighted by Gasteiger charge is -2.35. The van der Waals surface area contributed by atoms with E-state index in [2.05, 4.69) is 16.1 Å². The summed E-state index contributed by atoms with van der Waals surface area (Å²) in [5.41, 5.74) is 3.08. The van der Waals surface area contributed by atoms with E-state index < -0.39 is 29.7 Å². The third-order valence-corrected chi connectivity index (χ3v) is 5.55. The molecule has 3 amide bonds. The molecule has 2 fully saturated rings. The fourth-order valence-corrected chi connectivity index (χ4v) is 3.82. The Morgan fingerprint density at radius 1 is 1.39 bits per heavy atom. The first kappa shape index (κ1) is 22.7. The SMILES string of the molecule is N#CC(CC1CCNC1=O)NC(=O)C1CCCNN1C(=O)/C=C/c1ccc(Cl)cc1F. The Morgan fingerprint density at radius 3 is 2.87 bits per heavy atom. The molecular weight excluding hydrogens is 425 g/mol. The van der Waals surface area contributed by atoms with Crippen molar-refractivity contribution < 1.29 is 18.8 Å². The van der Waals surface area contributed by atoms with Crippen molar-refractivity contribution in [2.24, 2.45) is 5.92 Å². The highest BCUT2D eigenvalue weighted by atomic mass is 35.5. The lowest BCUT2D eigenvalue weighted by atomic mass is 9.98. The number of benzene rings is 1. The molecule has 2 aliphatic heterocycles. The quantitative estimate of drug-likeness (QED) is 0.572. The average molecular weight is 448 g/mol. The number of halogens is 2. The zero-order valence-electron chi connectivity index (χ0n) is 16.7. The largest absolute Gasteiger partial charge is 0.356 e. The summed E-state index contributed by atoms with van der Waals surface area (Å²) in [5, 5.41) is 16.2. The summed E-state index contributed by atoms with van der Waals surface area (Å²) >= 11 is 5.73. The number of hydrazine groups is 1. The highest BCUT2D eigenvalue weighted by Gasteiger charge is 2.34. The molecule has 2 heterocycles. The van der Waals surface area contributed by atoms with Crippen molar-refractivity contribution in [2.75, 3.05) is 13.1 Å². The molecule has 10 heteroatoms. The number of rotatable bonds is 6. The molecule has 3 rings (SSSR count). The van der Waals surface area contributed by atoms with Crippen LogP contribution in [0.15, 0.2) is 24.3 Å². The Balaban J connectivity index is 1.65. The Kier molecular flexibility index (Phi) is 7.60. The Bertz CT molecular complexity index is 932. The molecule has 0 spiro atoms. The Hall–Kier alpha value is -2.96. The second-order valence-electron chi connectivity index (χ2n) is 7.48. The molecular formula is C21H23ClFN5O3. The van der Waals surface area contributed by atoms with Crippen LogP contribution in [0.1, 0.15) is 31.2 Å². The topological polar surface area (TPSA) is 114 Å². The minimum atomic E-state index is -0.834. The number of carbonyl (C=O) groups excluding carboxylic acids is 3. The van der Waals surface area contributed by atoms with Crippen LogP contribution in [0.2, 0.25) is 5.02 Å². The molecule has 31 heavy (non-hydrogen) atoms. The molecule has 0 aromatic heterocycles. The molecule has 8 nitrogen and oxygen atoms in total. The normalized spacial score (nSPS) is 22.1. The Morgan fingerprint density at radius 2 is 2.19 bits per heavy atom. The monoisotopic (exact) mass is 447 g/mol. The van der Waals surface area contributed by atoms with Crippen molar-refractivity contribution in [3.8, 4) is 6.07 Å². The van der Waals surface area contributed by atoms with Crippen molar-refractivity contribution >= 4 is 35.4 Å². The molecule has 0 radical (unpaired) electrons. The van der Waals surface area contributed by atoms with Crippen molar-refractivity contribution in [3.05, 3.63) is 40.7 Å². The summed E-state index contributed by atoms with van der Waals surface area (Å²) in [6.45, 7) is 1.06. The van der Waals surface area contributed by atoms with Crippen LogP contribution in [0.3, 0.4) is 0 Å². The highest BCUT2D eigenvalue weighted by molar-refractivity contribution is 6.30. The minimum absolute atomic E-state index is 0.120. The summed E-state index contributed by atoms with van der Waals surface area (Å²) < 4.78 is 13.9. The first-order chi connectivity index (χ1) is 14.9. The van der Waals surface area contributed by atoms with E-state index in [0.717, 1.165) is 6.07 Å². The fraction of sp³-hybridized carbons (Fsp3) is 0.429. The van der Waals surface area contributed by atoms with E-state index in [1.165, 1.54) is 29.3 Å². The van der Waals surface area contributed by atoms with E-state index in [1.807, 2.05) is 6.07 Å². The first-order valence-corrected chi connectivity index (χ1v) is 10.4. The van der Waals surface area contributed by atoms with Crippen LogP contribution < -0.4 is 16.1 Å². The smallest absolute Gasteiger partial charge is 0.261 e. The van der Waals surface area contributed by atoms with Crippen LogP contribution in [0, 0.1) is 23.1 Å². The number of carbonyl (C=O) groups is 3.